The smallest absolute Gasteiger partial charge is 0.219 e. The number of aliphatic hydroxyl groups excluding tert-OH is 1. The maximum absolute atomic E-state index is 10.4. The van der Waals surface area contributed by atoms with Gasteiger partial charge in [0, 0.05) is 13.0 Å². The van der Waals surface area contributed by atoms with E-state index in [2.05, 4.69) is 38.8 Å². The maximum Gasteiger partial charge on any atom is 0.219 e. The molecule has 0 radical (unpaired) electrons. The van der Waals surface area contributed by atoms with Crippen molar-refractivity contribution in [2.24, 2.45) is 0 Å². The largest absolute Gasteiger partial charge is 0.497 e. The lowest BCUT2D eigenvalue weighted by Crippen LogP contribution is -2.40. The highest BCUT2D eigenvalue weighted by atomic mass is 28.4. The summed E-state index contributed by atoms with van der Waals surface area (Å²) in [5, 5.41) is 10.5. The zero-order valence-electron chi connectivity index (χ0n) is 20.8. The van der Waals surface area contributed by atoms with Crippen molar-refractivity contribution in [2.75, 3.05) is 13.7 Å². The number of rotatable bonds is 10. The number of hydrogen-bond acceptors (Lipinski definition) is 7. The van der Waals surface area contributed by atoms with Crippen molar-refractivity contribution >= 4 is 8.32 Å². The second kappa shape index (κ2) is 11.1. The molecule has 0 amide bonds. The molecule has 2 heterocycles. The maximum atomic E-state index is 10.4. The van der Waals surface area contributed by atoms with Crippen molar-refractivity contribution in [3.8, 4) is 5.75 Å². The van der Waals surface area contributed by atoms with E-state index in [0.29, 0.717) is 50.7 Å². The fourth-order valence-electron chi connectivity index (χ4n) is 3.49. The second-order valence-corrected chi connectivity index (χ2v) is 15.1. The van der Waals surface area contributed by atoms with Crippen molar-refractivity contribution in [1.82, 2.24) is 4.98 Å². The van der Waals surface area contributed by atoms with E-state index in [9.17, 15) is 5.11 Å². The van der Waals surface area contributed by atoms with Gasteiger partial charge in [0.1, 0.15) is 30.4 Å². The van der Waals surface area contributed by atoms with E-state index in [-0.39, 0.29) is 17.2 Å². The first-order chi connectivity index (χ1) is 15.6. The second-order valence-electron chi connectivity index (χ2n) is 10.3. The molecule has 0 spiro atoms. The van der Waals surface area contributed by atoms with Gasteiger partial charge >= 0.3 is 0 Å². The summed E-state index contributed by atoms with van der Waals surface area (Å²) in [6.07, 6.45) is 2.65. The fraction of sp³-hybridized carbons (Fsp3) is 0.640. The van der Waals surface area contributed by atoms with E-state index in [1.54, 1.807) is 13.4 Å². The van der Waals surface area contributed by atoms with Gasteiger partial charge in [-0.1, -0.05) is 32.9 Å². The molecular formula is C25H39NO6Si. The number of hydrogen-bond donors (Lipinski definition) is 1. The Morgan fingerprint density at radius 3 is 2.52 bits per heavy atom. The third-order valence-electron chi connectivity index (χ3n) is 6.65. The van der Waals surface area contributed by atoms with Crippen LogP contribution in [0.3, 0.4) is 0 Å². The summed E-state index contributed by atoms with van der Waals surface area (Å²) in [5.74, 6) is 1.38. The number of nitrogens with zero attached hydrogens (tertiary/aromatic N) is 1. The van der Waals surface area contributed by atoms with Gasteiger partial charge in [-0.05, 0) is 48.7 Å². The molecule has 33 heavy (non-hydrogen) atoms. The first-order valence-corrected chi connectivity index (χ1v) is 14.6. The molecule has 1 aliphatic rings. The van der Waals surface area contributed by atoms with Crippen LogP contribution in [0.1, 0.15) is 63.3 Å². The lowest BCUT2D eigenvalue weighted by atomic mass is 9.98. The standard InChI is InChI=1S/C25H39NO6Si/c1-25(2,3)33(5,6)31-17-24-26-22(16-30-24)23-14-19(27)13-21(32-23)11-12-29-15-18-7-9-20(28-4)10-8-18/h7-10,16,19,21,23,27H,11-15,17H2,1-6H3/t19-,21+,23+/m0/s1. The molecule has 1 aromatic carbocycles. The van der Waals surface area contributed by atoms with E-state index in [1.807, 2.05) is 24.3 Å². The molecule has 8 heteroatoms. The van der Waals surface area contributed by atoms with Crippen molar-refractivity contribution in [2.45, 2.75) is 89.7 Å². The molecule has 1 aliphatic heterocycles. The predicted molar refractivity (Wildman–Crippen MR) is 129 cm³/mol. The highest BCUT2D eigenvalue weighted by molar-refractivity contribution is 6.74. The Hall–Kier alpha value is -1.71. The van der Waals surface area contributed by atoms with Crippen LogP contribution in [0.2, 0.25) is 18.1 Å². The molecule has 3 atom stereocenters. The predicted octanol–water partition coefficient (Wildman–Crippen LogP) is 5.39. The van der Waals surface area contributed by atoms with Crippen molar-refractivity contribution < 1.29 is 28.2 Å². The molecule has 0 unspecified atom stereocenters. The third-order valence-corrected chi connectivity index (χ3v) is 11.1. The van der Waals surface area contributed by atoms with E-state index >= 15 is 0 Å². The highest BCUT2D eigenvalue weighted by Gasteiger charge is 2.37. The summed E-state index contributed by atoms with van der Waals surface area (Å²) in [6, 6.07) is 7.83. The fourth-order valence-corrected chi connectivity index (χ4v) is 4.41. The molecule has 1 N–H and O–H groups in total. The number of aliphatic hydroxyl groups is 1. The average Bonchev–Trinajstić information content (AvgIpc) is 3.24. The lowest BCUT2D eigenvalue weighted by molar-refractivity contribution is -0.108. The highest BCUT2D eigenvalue weighted by Crippen LogP contribution is 2.37. The lowest BCUT2D eigenvalue weighted by Gasteiger charge is -2.35. The molecule has 1 fully saturated rings. The van der Waals surface area contributed by atoms with Gasteiger partial charge < -0.3 is 28.2 Å². The average molecular weight is 478 g/mol. The van der Waals surface area contributed by atoms with E-state index in [1.165, 1.54) is 0 Å². The zero-order chi connectivity index (χ0) is 24.1. The van der Waals surface area contributed by atoms with Crippen LogP contribution in [0.5, 0.6) is 5.75 Å². The Bertz CT molecular complexity index is 861. The molecule has 0 saturated carbocycles. The normalized spacial score (nSPS) is 21.8. The van der Waals surface area contributed by atoms with Crippen LogP contribution in [0, 0.1) is 0 Å². The summed E-state index contributed by atoms with van der Waals surface area (Å²) in [6.45, 7) is 12.5. The molecule has 1 saturated heterocycles. The third kappa shape index (κ3) is 7.38. The van der Waals surface area contributed by atoms with E-state index in [4.69, 9.17) is 23.1 Å². The molecule has 3 rings (SSSR count). The Morgan fingerprint density at radius 2 is 1.85 bits per heavy atom. The Balaban J connectivity index is 1.47. The van der Waals surface area contributed by atoms with Crippen molar-refractivity contribution in [1.29, 1.82) is 0 Å². The van der Waals surface area contributed by atoms with E-state index in [0.717, 1.165) is 11.3 Å². The van der Waals surface area contributed by atoms with Gasteiger partial charge in [0.25, 0.3) is 0 Å². The Labute approximate surface area is 198 Å². The first-order valence-electron chi connectivity index (χ1n) is 11.7. The summed E-state index contributed by atoms with van der Waals surface area (Å²) >= 11 is 0. The molecular weight excluding hydrogens is 438 g/mol. The van der Waals surface area contributed by atoms with Crippen molar-refractivity contribution in [3.05, 3.63) is 47.7 Å². The van der Waals surface area contributed by atoms with Crippen LogP contribution in [0.25, 0.3) is 0 Å². The summed E-state index contributed by atoms with van der Waals surface area (Å²) < 4.78 is 29.1. The number of ether oxygens (including phenoxy) is 3. The topological polar surface area (TPSA) is 83.2 Å². The summed E-state index contributed by atoms with van der Waals surface area (Å²) in [4.78, 5) is 4.59. The minimum absolute atomic E-state index is 0.0850. The van der Waals surface area contributed by atoms with Gasteiger partial charge in [-0.25, -0.2) is 4.98 Å². The first kappa shape index (κ1) is 25.9. The molecule has 2 aromatic rings. The number of aromatic nitrogens is 1. The number of methoxy groups -OCH3 is 1. The SMILES string of the molecule is COc1ccc(COCC[C@@H]2C[C@H](O)C[C@H](c3coc(CO[Si](C)(C)C(C)(C)C)n3)O2)cc1. The molecule has 7 nitrogen and oxygen atoms in total. The number of benzene rings is 1. The van der Waals surface area contributed by atoms with E-state index < -0.39 is 14.4 Å². The zero-order valence-corrected chi connectivity index (χ0v) is 21.8. The van der Waals surface area contributed by atoms with Gasteiger partial charge in [-0.3, -0.25) is 0 Å². The summed E-state index contributed by atoms with van der Waals surface area (Å²) in [7, 11) is -0.226. The molecule has 0 bridgehead atoms. The molecule has 1 aromatic heterocycles. The van der Waals surface area contributed by atoms with Crippen LogP contribution >= 0.6 is 0 Å². The Morgan fingerprint density at radius 1 is 1.12 bits per heavy atom. The minimum Gasteiger partial charge on any atom is -0.497 e. The van der Waals surface area contributed by atoms with Crippen LogP contribution in [-0.2, 0) is 27.1 Å². The van der Waals surface area contributed by atoms with Gasteiger partial charge in [-0.2, -0.15) is 0 Å². The van der Waals surface area contributed by atoms with Crippen LogP contribution in [0.15, 0.2) is 34.9 Å². The molecule has 0 aliphatic carbocycles. The van der Waals surface area contributed by atoms with Gasteiger partial charge in [0.2, 0.25) is 5.89 Å². The number of oxazole rings is 1. The van der Waals surface area contributed by atoms with Crippen LogP contribution in [-0.4, -0.2) is 44.3 Å². The Kier molecular flexibility index (Phi) is 8.74. The quantitative estimate of drug-likeness (QED) is 0.363. The van der Waals surface area contributed by atoms with Crippen LogP contribution < -0.4 is 4.74 Å². The van der Waals surface area contributed by atoms with Gasteiger partial charge in [0.05, 0.1) is 25.9 Å². The van der Waals surface area contributed by atoms with Gasteiger partial charge in [0.15, 0.2) is 8.32 Å². The minimum atomic E-state index is -1.88. The van der Waals surface area contributed by atoms with Crippen molar-refractivity contribution in [3.63, 3.8) is 0 Å². The molecule has 184 valence electrons. The monoisotopic (exact) mass is 477 g/mol. The van der Waals surface area contributed by atoms with Crippen LogP contribution in [0.4, 0.5) is 0 Å². The van der Waals surface area contributed by atoms with Gasteiger partial charge in [-0.15, -0.1) is 0 Å². The summed E-state index contributed by atoms with van der Waals surface area (Å²) in [5.41, 5.74) is 1.81.